The number of benzene rings is 1. The molecule has 0 radical (unpaired) electrons. The minimum absolute atomic E-state index is 0. The SMILES string of the molecule is Cl.NCC(NC(=O)CC(c1ccccc1)C(F)(F)F)C1CC1. The number of carbonyl (C=O) groups excluding carboxylic acids is 1. The maximum atomic E-state index is 13.2. The molecule has 7 heteroatoms. The zero-order valence-corrected chi connectivity index (χ0v) is 12.8. The van der Waals surface area contributed by atoms with Gasteiger partial charge in [0.1, 0.15) is 0 Å². The van der Waals surface area contributed by atoms with Crippen LogP contribution in [0, 0.1) is 5.92 Å². The van der Waals surface area contributed by atoms with Gasteiger partial charge in [0.25, 0.3) is 0 Å². The van der Waals surface area contributed by atoms with E-state index < -0.39 is 24.4 Å². The van der Waals surface area contributed by atoms with E-state index in [1.165, 1.54) is 12.1 Å². The summed E-state index contributed by atoms with van der Waals surface area (Å²) in [5, 5.41) is 2.64. The van der Waals surface area contributed by atoms with Gasteiger partial charge in [-0.2, -0.15) is 13.2 Å². The molecule has 1 aromatic rings. The third-order valence-electron chi connectivity index (χ3n) is 3.78. The van der Waals surface area contributed by atoms with Crippen LogP contribution in [0.1, 0.15) is 30.7 Å². The quantitative estimate of drug-likeness (QED) is 0.839. The highest BCUT2D eigenvalue weighted by Crippen LogP contribution is 2.37. The monoisotopic (exact) mass is 336 g/mol. The summed E-state index contributed by atoms with van der Waals surface area (Å²) in [4.78, 5) is 11.9. The largest absolute Gasteiger partial charge is 0.396 e. The normalized spacial score (nSPS) is 17.3. The van der Waals surface area contributed by atoms with Gasteiger partial charge in [0.05, 0.1) is 5.92 Å². The molecule has 22 heavy (non-hydrogen) atoms. The summed E-state index contributed by atoms with van der Waals surface area (Å²) >= 11 is 0. The van der Waals surface area contributed by atoms with E-state index >= 15 is 0 Å². The molecule has 0 bridgehead atoms. The van der Waals surface area contributed by atoms with Gasteiger partial charge in [0, 0.05) is 19.0 Å². The van der Waals surface area contributed by atoms with Crippen molar-refractivity contribution < 1.29 is 18.0 Å². The molecule has 0 saturated heterocycles. The molecule has 1 aliphatic carbocycles. The molecule has 0 spiro atoms. The predicted octanol–water partition coefficient (Wildman–Crippen LogP) is 3.00. The number of rotatable bonds is 6. The number of halogens is 4. The molecule has 3 N–H and O–H groups in total. The molecule has 124 valence electrons. The predicted molar refractivity (Wildman–Crippen MR) is 80.8 cm³/mol. The molecule has 1 fully saturated rings. The van der Waals surface area contributed by atoms with Crippen molar-refractivity contribution in [3.05, 3.63) is 35.9 Å². The number of alkyl halides is 3. The Kier molecular flexibility index (Phi) is 6.68. The van der Waals surface area contributed by atoms with Gasteiger partial charge in [0.2, 0.25) is 5.91 Å². The van der Waals surface area contributed by atoms with E-state index in [-0.39, 0.29) is 30.6 Å². The van der Waals surface area contributed by atoms with E-state index in [0.29, 0.717) is 5.92 Å². The minimum atomic E-state index is -4.45. The maximum Gasteiger partial charge on any atom is 0.396 e. The van der Waals surface area contributed by atoms with Crippen molar-refractivity contribution in [3.63, 3.8) is 0 Å². The number of hydrogen-bond acceptors (Lipinski definition) is 2. The second-order valence-corrected chi connectivity index (χ2v) is 5.46. The minimum Gasteiger partial charge on any atom is -0.352 e. The lowest BCUT2D eigenvalue weighted by Crippen LogP contribution is -2.43. The third-order valence-corrected chi connectivity index (χ3v) is 3.78. The molecule has 1 aliphatic rings. The van der Waals surface area contributed by atoms with Crippen molar-refractivity contribution in [1.29, 1.82) is 0 Å². The number of nitrogens with one attached hydrogen (secondary N) is 1. The fourth-order valence-electron chi connectivity index (χ4n) is 2.43. The molecule has 0 heterocycles. The van der Waals surface area contributed by atoms with Gasteiger partial charge < -0.3 is 11.1 Å². The van der Waals surface area contributed by atoms with Crippen LogP contribution in [0.3, 0.4) is 0 Å². The van der Waals surface area contributed by atoms with Gasteiger partial charge >= 0.3 is 6.18 Å². The molecule has 1 aromatic carbocycles. The molecule has 0 aromatic heterocycles. The smallest absolute Gasteiger partial charge is 0.352 e. The number of amides is 1. The average Bonchev–Trinajstić information content (AvgIpc) is 3.26. The summed E-state index contributed by atoms with van der Waals surface area (Å²) in [6, 6.07) is 7.31. The first-order valence-corrected chi connectivity index (χ1v) is 7.03. The van der Waals surface area contributed by atoms with Crippen molar-refractivity contribution in [2.24, 2.45) is 11.7 Å². The summed E-state index contributed by atoms with van der Waals surface area (Å²) in [7, 11) is 0. The van der Waals surface area contributed by atoms with Crippen LogP contribution >= 0.6 is 12.4 Å². The van der Waals surface area contributed by atoms with Gasteiger partial charge in [-0.3, -0.25) is 4.79 Å². The zero-order valence-electron chi connectivity index (χ0n) is 12.0. The molecule has 1 saturated carbocycles. The van der Waals surface area contributed by atoms with Crippen molar-refractivity contribution >= 4 is 18.3 Å². The Morgan fingerprint density at radius 1 is 1.27 bits per heavy atom. The summed E-state index contributed by atoms with van der Waals surface area (Å²) in [6.07, 6.45) is -3.10. The van der Waals surface area contributed by atoms with E-state index in [2.05, 4.69) is 5.32 Å². The van der Waals surface area contributed by atoms with E-state index in [4.69, 9.17) is 5.73 Å². The highest BCUT2D eigenvalue weighted by atomic mass is 35.5. The van der Waals surface area contributed by atoms with Crippen molar-refractivity contribution in [2.75, 3.05) is 6.54 Å². The standard InChI is InChI=1S/C15H19F3N2O.ClH/c16-15(17,18)12(10-4-2-1-3-5-10)8-14(21)20-13(9-19)11-6-7-11;/h1-5,11-13H,6-9,19H2,(H,20,21);1H. The van der Waals surface area contributed by atoms with E-state index in [9.17, 15) is 18.0 Å². The van der Waals surface area contributed by atoms with Gasteiger partial charge in [-0.15, -0.1) is 12.4 Å². The summed E-state index contributed by atoms with van der Waals surface area (Å²) in [6.45, 7) is 0.262. The molecule has 0 aliphatic heterocycles. The molecular weight excluding hydrogens is 317 g/mol. The number of hydrogen-bond donors (Lipinski definition) is 2. The lowest BCUT2D eigenvalue weighted by molar-refractivity contribution is -0.157. The zero-order chi connectivity index (χ0) is 15.5. The van der Waals surface area contributed by atoms with E-state index in [0.717, 1.165) is 12.8 Å². The Bertz CT molecular complexity index is 477. The first-order valence-electron chi connectivity index (χ1n) is 7.03. The van der Waals surface area contributed by atoms with E-state index in [1.54, 1.807) is 18.2 Å². The molecule has 2 unspecified atom stereocenters. The first-order chi connectivity index (χ1) is 9.91. The lowest BCUT2D eigenvalue weighted by Gasteiger charge is -2.22. The van der Waals surface area contributed by atoms with Crippen LogP contribution in [0.4, 0.5) is 13.2 Å². The van der Waals surface area contributed by atoms with Crippen molar-refractivity contribution in [1.82, 2.24) is 5.32 Å². The Morgan fingerprint density at radius 3 is 2.32 bits per heavy atom. The van der Waals surface area contributed by atoms with Crippen LogP contribution in [0.2, 0.25) is 0 Å². The highest BCUT2D eigenvalue weighted by Gasteiger charge is 2.42. The molecule has 2 rings (SSSR count). The fraction of sp³-hybridized carbons (Fsp3) is 0.533. The third kappa shape index (κ3) is 5.18. The molecule has 1 amide bonds. The second-order valence-electron chi connectivity index (χ2n) is 5.46. The Balaban J connectivity index is 0.00000242. The number of nitrogens with two attached hydrogens (primary N) is 1. The Hall–Kier alpha value is -1.27. The molecule has 2 atom stereocenters. The van der Waals surface area contributed by atoms with Crippen LogP contribution in [0.15, 0.2) is 30.3 Å². The van der Waals surface area contributed by atoms with Crippen LogP contribution in [0.5, 0.6) is 0 Å². The lowest BCUT2D eigenvalue weighted by atomic mass is 9.94. The van der Waals surface area contributed by atoms with Crippen molar-refractivity contribution in [3.8, 4) is 0 Å². The summed E-state index contributed by atoms with van der Waals surface area (Å²) < 4.78 is 39.5. The van der Waals surface area contributed by atoms with Crippen LogP contribution in [0.25, 0.3) is 0 Å². The van der Waals surface area contributed by atoms with Crippen LogP contribution < -0.4 is 11.1 Å². The number of carbonyl (C=O) groups is 1. The van der Waals surface area contributed by atoms with Crippen LogP contribution in [-0.4, -0.2) is 24.7 Å². The highest BCUT2D eigenvalue weighted by molar-refractivity contribution is 5.85. The molecular formula is C15H20ClF3N2O. The topological polar surface area (TPSA) is 55.1 Å². The second kappa shape index (κ2) is 7.83. The Morgan fingerprint density at radius 2 is 1.86 bits per heavy atom. The van der Waals surface area contributed by atoms with Gasteiger partial charge in [-0.25, -0.2) is 0 Å². The average molecular weight is 337 g/mol. The fourth-order valence-corrected chi connectivity index (χ4v) is 2.43. The van der Waals surface area contributed by atoms with Gasteiger partial charge in [0.15, 0.2) is 0 Å². The summed E-state index contributed by atoms with van der Waals surface area (Å²) in [5.41, 5.74) is 5.66. The Labute approximate surface area is 133 Å². The first kappa shape index (κ1) is 18.8. The van der Waals surface area contributed by atoms with Gasteiger partial charge in [-0.1, -0.05) is 30.3 Å². The van der Waals surface area contributed by atoms with E-state index in [1.807, 2.05) is 0 Å². The van der Waals surface area contributed by atoms with Gasteiger partial charge in [-0.05, 0) is 24.3 Å². The van der Waals surface area contributed by atoms with Crippen LogP contribution in [-0.2, 0) is 4.79 Å². The molecule has 3 nitrogen and oxygen atoms in total. The van der Waals surface area contributed by atoms with Crippen molar-refractivity contribution in [2.45, 2.75) is 37.4 Å². The maximum absolute atomic E-state index is 13.2. The summed E-state index contributed by atoms with van der Waals surface area (Å²) in [5.74, 6) is -2.06.